The molecule has 0 saturated carbocycles. The van der Waals surface area contributed by atoms with E-state index >= 15 is 0 Å². The second-order valence-electron chi connectivity index (χ2n) is 3.87. The predicted molar refractivity (Wildman–Crippen MR) is 57.4 cm³/mol. The summed E-state index contributed by atoms with van der Waals surface area (Å²) in [6.07, 6.45) is -1.45. The Hall–Kier alpha value is -1.14. The molecule has 2 aliphatic rings. The van der Waals surface area contributed by atoms with Crippen molar-refractivity contribution in [3.63, 3.8) is 0 Å². The van der Waals surface area contributed by atoms with E-state index in [0.717, 1.165) is 5.75 Å². The lowest BCUT2D eigenvalue weighted by Gasteiger charge is -2.18. The van der Waals surface area contributed by atoms with Crippen molar-refractivity contribution in [2.45, 2.75) is 12.3 Å². The van der Waals surface area contributed by atoms with E-state index < -0.39 is 6.16 Å². The van der Waals surface area contributed by atoms with Gasteiger partial charge in [0.2, 0.25) is 0 Å². The highest BCUT2D eigenvalue weighted by Crippen LogP contribution is 2.30. The lowest BCUT2D eigenvalue weighted by molar-refractivity contribution is -0.426. The first-order valence-corrected chi connectivity index (χ1v) is 5.64. The quantitative estimate of drug-likeness (QED) is 0.790. The molecule has 5 nitrogen and oxygen atoms in total. The van der Waals surface area contributed by atoms with Crippen LogP contribution in [0.3, 0.4) is 0 Å². The Labute approximate surface area is 99.2 Å². The molecule has 1 aromatic rings. The molecule has 1 atom stereocenters. The van der Waals surface area contributed by atoms with Gasteiger partial charge in [0.05, 0.1) is 19.8 Å². The minimum atomic E-state index is -1.27. The molecule has 2 fully saturated rings. The van der Waals surface area contributed by atoms with Gasteiger partial charge >= 0.3 is 6.16 Å². The normalized spacial score (nSPS) is 26.5. The molecule has 2 saturated heterocycles. The van der Waals surface area contributed by atoms with Gasteiger partial charge in [-0.1, -0.05) is 18.2 Å². The molecule has 1 aromatic carbocycles. The number of rotatable bonds is 3. The zero-order valence-electron chi connectivity index (χ0n) is 9.33. The highest BCUT2D eigenvalue weighted by molar-refractivity contribution is 5.20. The third-order valence-electron chi connectivity index (χ3n) is 2.58. The first kappa shape index (κ1) is 11.0. The third kappa shape index (κ3) is 2.42. The van der Waals surface area contributed by atoms with Crippen molar-refractivity contribution in [1.29, 1.82) is 0 Å². The van der Waals surface area contributed by atoms with Crippen molar-refractivity contribution in [2.75, 3.05) is 26.4 Å². The lowest BCUT2D eigenvalue weighted by atomic mass is 10.3. The van der Waals surface area contributed by atoms with Gasteiger partial charge in [-0.25, -0.2) is 0 Å². The van der Waals surface area contributed by atoms with Crippen molar-refractivity contribution in [2.24, 2.45) is 0 Å². The van der Waals surface area contributed by atoms with E-state index in [2.05, 4.69) is 0 Å². The van der Waals surface area contributed by atoms with Gasteiger partial charge in [0.1, 0.15) is 18.5 Å². The van der Waals surface area contributed by atoms with Gasteiger partial charge in [-0.05, 0) is 12.1 Å². The number of ether oxygens (including phenoxy) is 5. The van der Waals surface area contributed by atoms with Gasteiger partial charge in [0.15, 0.2) is 0 Å². The first-order valence-electron chi connectivity index (χ1n) is 5.64. The molecule has 1 unspecified atom stereocenters. The van der Waals surface area contributed by atoms with Crippen molar-refractivity contribution >= 4 is 0 Å². The van der Waals surface area contributed by atoms with Gasteiger partial charge < -0.3 is 18.9 Å². The van der Waals surface area contributed by atoms with E-state index in [-0.39, 0.29) is 6.10 Å². The van der Waals surface area contributed by atoms with E-state index in [4.69, 9.17) is 23.7 Å². The smallest absolute Gasteiger partial charge is 0.413 e. The molecule has 2 aliphatic heterocycles. The van der Waals surface area contributed by atoms with Crippen LogP contribution in [0.5, 0.6) is 5.75 Å². The summed E-state index contributed by atoms with van der Waals surface area (Å²) in [5.74, 6) is 0.810. The van der Waals surface area contributed by atoms with Crippen molar-refractivity contribution in [3.8, 4) is 5.75 Å². The monoisotopic (exact) mass is 238 g/mol. The Morgan fingerprint density at radius 2 is 1.88 bits per heavy atom. The second-order valence-corrected chi connectivity index (χ2v) is 3.87. The maximum atomic E-state index is 5.58. The molecular formula is C12H14O5. The molecule has 92 valence electrons. The van der Waals surface area contributed by atoms with Gasteiger partial charge in [0, 0.05) is 0 Å². The average Bonchev–Trinajstić information content (AvgIpc) is 2.99. The molecule has 0 amide bonds. The van der Waals surface area contributed by atoms with E-state index in [9.17, 15) is 0 Å². The summed E-state index contributed by atoms with van der Waals surface area (Å²) in [6.45, 7) is 1.81. The SMILES string of the molecule is c1ccc(OCC2COC3(OCCO3)O2)cc1. The number of para-hydroxylation sites is 1. The molecular weight excluding hydrogens is 224 g/mol. The first-order chi connectivity index (χ1) is 8.36. The fourth-order valence-corrected chi connectivity index (χ4v) is 1.78. The Balaban J connectivity index is 1.51. The third-order valence-corrected chi connectivity index (χ3v) is 2.58. The second kappa shape index (κ2) is 4.62. The summed E-state index contributed by atoms with van der Waals surface area (Å²) < 4.78 is 27.0. The van der Waals surface area contributed by atoms with Crippen LogP contribution in [0, 0.1) is 0 Å². The fourth-order valence-electron chi connectivity index (χ4n) is 1.78. The van der Waals surface area contributed by atoms with E-state index in [1.54, 1.807) is 0 Å². The number of hydrogen-bond acceptors (Lipinski definition) is 5. The highest BCUT2D eigenvalue weighted by atomic mass is 17.1. The Morgan fingerprint density at radius 3 is 2.65 bits per heavy atom. The largest absolute Gasteiger partial charge is 0.491 e. The molecule has 0 aromatic heterocycles. The van der Waals surface area contributed by atoms with Crippen LogP contribution in [0.4, 0.5) is 0 Å². The molecule has 0 aliphatic carbocycles. The van der Waals surface area contributed by atoms with Crippen molar-refractivity contribution in [1.82, 2.24) is 0 Å². The fraction of sp³-hybridized carbons (Fsp3) is 0.500. The van der Waals surface area contributed by atoms with Crippen LogP contribution < -0.4 is 4.74 Å². The van der Waals surface area contributed by atoms with Gasteiger partial charge in [-0.2, -0.15) is 0 Å². The van der Waals surface area contributed by atoms with E-state index in [1.807, 2.05) is 30.3 Å². The van der Waals surface area contributed by atoms with Crippen LogP contribution in [0.25, 0.3) is 0 Å². The van der Waals surface area contributed by atoms with Crippen molar-refractivity contribution < 1.29 is 23.7 Å². The minimum absolute atomic E-state index is 0.173. The van der Waals surface area contributed by atoms with Crippen LogP contribution in [0.2, 0.25) is 0 Å². The Kier molecular flexibility index (Phi) is 2.98. The van der Waals surface area contributed by atoms with E-state index in [0.29, 0.717) is 26.4 Å². The Morgan fingerprint density at radius 1 is 1.12 bits per heavy atom. The molecule has 2 heterocycles. The van der Waals surface area contributed by atoms with Gasteiger partial charge in [0.25, 0.3) is 0 Å². The summed E-state index contributed by atoms with van der Waals surface area (Å²) in [6, 6.07) is 9.58. The summed E-state index contributed by atoms with van der Waals surface area (Å²) >= 11 is 0. The number of benzene rings is 1. The molecule has 0 bridgehead atoms. The van der Waals surface area contributed by atoms with Crippen LogP contribution >= 0.6 is 0 Å². The van der Waals surface area contributed by atoms with Gasteiger partial charge in [-0.15, -0.1) is 0 Å². The molecule has 1 spiro atoms. The average molecular weight is 238 g/mol. The van der Waals surface area contributed by atoms with E-state index in [1.165, 1.54) is 0 Å². The van der Waals surface area contributed by atoms with Crippen LogP contribution in [0.1, 0.15) is 0 Å². The zero-order chi connectivity index (χ0) is 11.6. The summed E-state index contributed by atoms with van der Waals surface area (Å²) in [5, 5.41) is 0. The molecule has 0 N–H and O–H groups in total. The maximum Gasteiger partial charge on any atom is 0.413 e. The molecule has 5 heteroatoms. The molecule has 3 rings (SSSR count). The Bertz CT molecular complexity index is 360. The zero-order valence-corrected chi connectivity index (χ0v) is 9.33. The maximum absolute atomic E-state index is 5.58. The highest BCUT2D eigenvalue weighted by Gasteiger charge is 2.48. The summed E-state index contributed by atoms with van der Waals surface area (Å²) in [4.78, 5) is 0. The van der Waals surface area contributed by atoms with Crippen molar-refractivity contribution in [3.05, 3.63) is 30.3 Å². The predicted octanol–water partition coefficient (Wildman–Crippen LogP) is 1.14. The van der Waals surface area contributed by atoms with Crippen LogP contribution in [0.15, 0.2) is 30.3 Å². The van der Waals surface area contributed by atoms with Crippen LogP contribution in [-0.2, 0) is 18.9 Å². The standard InChI is InChI=1S/C12H14O5/c1-2-4-10(5-3-1)13-8-11-9-16-12(17-11)14-6-7-15-12/h1-5,11H,6-9H2. The summed E-state index contributed by atoms with van der Waals surface area (Å²) in [5.41, 5.74) is 0. The minimum Gasteiger partial charge on any atom is -0.491 e. The van der Waals surface area contributed by atoms with Gasteiger partial charge in [-0.3, -0.25) is 4.74 Å². The topological polar surface area (TPSA) is 46.2 Å². The summed E-state index contributed by atoms with van der Waals surface area (Å²) in [7, 11) is 0. The molecule has 17 heavy (non-hydrogen) atoms. The van der Waals surface area contributed by atoms with Crippen LogP contribution in [-0.4, -0.2) is 38.7 Å². The number of hydrogen-bond donors (Lipinski definition) is 0. The molecule has 0 radical (unpaired) electrons. The lowest BCUT2D eigenvalue weighted by Crippen LogP contribution is -2.32.